The van der Waals surface area contributed by atoms with E-state index < -0.39 is 5.54 Å². The molecule has 0 saturated carbocycles. The Kier molecular flexibility index (Phi) is 2.85. The van der Waals surface area contributed by atoms with Crippen LogP contribution in [0.3, 0.4) is 0 Å². The van der Waals surface area contributed by atoms with Crippen LogP contribution in [0.15, 0.2) is 34.5 Å². The predicted octanol–water partition coefficient (Wildman–Crippen LogP) is 1.68. The molecule has 0 fully saturated rings. The summed E-state index contributed by atoms with van der Waals surface area (Å²) in [4.78, 5) is 4.64. The Morgan fingerprint density at radius 2 is 2.21 bits per heavy atom. The van der Waals surface area contributed by atoms with Gasteiger partial charge in [0.05, 0.1) is 6.54 Å². The number of nitrogens with zero attached hydrogens (tertiary/aromatic N) is 3. The topological polar surface area (TPSA) is 85.9 Å². The number of benzene rings is 1. The fraction of sp³-hybridized carbons (Fsp3) is 0.462. The number of fused-ring (bicyclic) bond motifs is 1. The van der Waals surface area contributed by atoms with Gasteiger partial charge in [-0.25, -0.2) is 0 Å². The first kappa shape index (κ1) is 12.0. The maximum Gasteiger partial charge on any atom is 0.280 e. The molecule has 19 heavy (non-hydrogen) atoms. The van der Waals surface area contributed by atoms with E-state index >= 15 is 0 Å². The molecule has 0 aromatic heterocycles. The van der Waals surface area contributed by atoms with Gasteiger partial charge in [0.15, 0.2) is 5.84 Å². The van der Waals surface area contributed by atoms with Crippen molar-refractivity contribution in [3.63, 3.8) is 0 Å². The fourth-order valence-corrected chi connectivity index (χ4v) is 3.09. The molecule has 1 aliphatic carbocycles. The van der Waals surface area contributed by atoms with E-state index in [0.717, 1.165) is 24.0 Å². The summed E-state index contributed by atoms with van der Waals surface area (Å²) in [7, 11) is 0. The van der Waals surface area contributed by atoms with Gasteiger partial charge >= 0.3 is 0 Å². The molecule has 1 aliphatic heterocycles. The van der Waals surface area contributed by atoms with Crippen LogP contribution in [-0.2, 0) is 12.0 Å². The van der Waals surface area contributed by atoms with E-state index in [2.05, 4.69) is 15.6 Å². The zero-order valence-corrected chi connectivity index (χ0v) is 10.5. The first-order chi connectivity index (χ1) is 9.29. The van der Waals surface area contributed by atoms with Crippen molar-refractivity contribution in [3.05, 3.63) is 45.8 Å². The van der Waals surface area contributed by atoms with E-state index in [1.165, 1.54) is 0 Å². The second-order valence-electron chi connectivity index (χ2n) is 4.88. The maximum absolute atomic E-state index is 12.2. The minimum atomic E-state index is -1.06. The van der Waals surface area contributed by atoms with Gasteiger partial charge in [0.25, 0.3) is 5.54 Å². The quantitative estimate of drug-likeness (QED) is 0.498. The van der Waals surface area contributed by atoms with Crippen LogP contribution in [0.25, 0.3) is 0 Å². The number of aryl methyl sites for hydroxylation is 1. The first-order valence-corrected chi connectivity index (χ1v) is 6.47. The Balaban J connectivity index is 2.22. The maximum atomic E-state index is 12.2. The summed E-state index contributed by atoms with van der Waals surface area (Å²) in [6, 6.07) is 7.72. The van der Waals surface area contributed by atoms with Gasteiger partial charge in [-0.2, -0.15) is 0 Å². The van der Waals surface area contributed by atoms with Gasteiger partial charge in [0.2, 0.25) is 0 Å². The summed E-state index contributed by atoms with van der Waals surface area (Å²) < 4.78 is 0. The molecule has 3 rings (SSSR count). The van der Waals surface area contributed by atoms with Crippen molar-refractivity contribution >= 4 is 5.84 Å². The summed E-state index contributed by atoms with van der Waals surface area (Å²) in [5, 5.41) is 28.8. The normalized spacial score (nSPS) is 26.5. The van der Waals surface area contributed by atoms with Crippen molar-refractivity contribution in [2.24, 2.45) is 10.3 Å². The zero-order chi connectivity index (χ0) is 13.3. The first-order valence-electron chi connectivity index (χ1n) is 6.47. The molecule has 0 radical (unpaired) electrons. The van der Waals surface area contributed by atoms with Gasteiger partial charge in [-0.05, 0) is 23.7 Å². The Hall–Kier alpha value is -2.11. The van der Waals surface area contributed by atoms with Gasteiger partial charge in [0, 0.05) is 18.5 Å². The lowest BCUT2D eigenvalue weighted by Gasteiger charge is -2.35. The van der Waals surface area contributed by atoms with E-state index in [1.54, 1.807) is 0 Å². The van der Waals surface area contributed by atoms with Gasteiger partial charge < -0.3 is 15.7 Å². The van der Waals surface area contributed by atoms with Crippen LogP contribution in [-0.4, -0.2) is 23.8 Å². The highest BCUT2D eigenvalue weighted by molar-refractivity contribution is 5.93. The lowest BCUT2D eigenvalue weighted by atomic mass is 9.76. The Bertz CT molecular complexity index is 555. The number of nitrogens with one attached hydrogen (secondary N) is 1. The van der Waals surface area contributed by atoms with Crippen molar-refractivity contribution < 1.29 is 4.86 Å². The van der Waals surface area contributed by atoms with Gasteiger partial charge in [-0.1, -0.05) is 29.1 Å². The minimum Gasteiger partial charge on any atom is -0.739 e. The summed E-state index contributed by atoms with van der Waals surface area (Å²) >= 11 is 0. The molecule has 100 valence electrons. The molecule has 0 amide bonds. The molecule has 6 nitrogen and oxygen atoms in total. The molecule has 2 aliphatic rings. The number of hydroxylamine groups is 1. The molecule has 0 spiro atoms. The molecule has 1 unspecified atom stereocenters. The molecule has 1 heterocycles. The van der Waals surface area contributed by atoms with Gasteiger partial charge in [0.1, 0.15) is 0 Å². The molecule has 1 N–H and O–H groups in total. The molecule has 1 aromatic rings. The predicted molar refractivity (Wildman–Crippen MR) is 70.8 cm³/mol. The lowest BCUT2D eigenvalue weighted by molar-refractivity contribution is -0.599. The summed E-state index contributed by atoms with van der Waals surface area (Å²) in [5.74, 6) is 0.578. The fourth-order valence-electron chi connectivity index (χ4n) is 3.09. The second kappa shape index (κ2) is 4.53. The van der Waals surface area contributed by atoms with E-state index in [9.17, 15) is 10.4 Å². The summed E-state index contributed by atoms with van der Waals surface area (Å²) in [5.41, 5.74) is 0.881. The third kappa shape index (κ3) is 1.67. The Labute approximate surface area is 111 Å². The van der Waals surface area contributed by atoms with E-state index in [0.29, 0.717) is 25.3 Å². The van der Waals surface area contributed by atoms with Crippen LogP contribution >= 0.6 is 0 Å². The van der Waals surface area contributed by atoms with Crippen LogP contribution in [0.1, 0.15) is 24.0 Å². The summed E-state index contributed by atoms with van der Waals surface area (Å²) in [6.07, 6.45) is 2.31. The molecule has 6 heteroatoms. The van der Waals surface area contributed by atoms with Gasteiger partial charge in [-0.3, -0.25) is 4.99 Å². The highest BCUT2D eigenvalue weighted by atomic mass is 16.6. The Morgan fingerprint density at radius 1 is 1.37 bits per heavy atom. The van der Waals surface area contributed by atoms with Crippen LogP contribution < -0.4 is 5.32 Å². The van der Waals surface area contributed by atoms with E-state index in [-0.39, 0.29) is 4.86 Å². The van der Waals surface area contributed by atoms with E-state index in [4.69, 9.17) is 0 Å². The highest BCUT2D eigenvalue weighted by Gasteiger charge is 2.51. The third-order valence-corrected chi connectivity index (χ3v) is 3.91. The lowest BCUT2D eigenvalue weighted by Crippen LogP contribution is -2.50. The molecule has 0 bridgehead atoms. The smallest absolute Gasteiger partial charge is 0.280 e. The van der Waals surface area contributed by atoms with E-state index in [1.807, 2.05) is 24.3 Å². The molecule has 1 atom stereocenters. The Morgan fingerprint density at radius 3 is 2.95 bits per heavy atom. The zero-order valence-electron chi connectivity index (χ0n) is 10.5. The average molecular weight is 259 g/mol. The molecule has 1 aromatic carbocycles. The third-order valence-electron chi connectivity index (χ3n) is 3.91. The standard InChI is InChI=1S/C13H16N4O2/c18-16-17(19)13(12-14-8-9-15-12)7-3-5-10-4-1-2-6-11(10)13/h1-2,4,6,18H,3,5,7-9H2,(H,14,15)/p-1/b17-16-. The molecule has 0 saturated heterocycles. The monoisotopic (exact) mass is 259 g/mol. The van der Waals surface area contributed by atoms with Gasteiger partial charge in [-0.15, -0.1) is 0 Å². The van der Waals surface area contributed by atoms with Crippen molar-refractivity contribution in [1.29, 1.82) is 0 Å². The molecular weight excluding hydrogens is 244 g/mol. The van der Waals surface area contributed by atoms with Crippen LogP contribution in [0.5, 0.6) is 0 Å². The van der Waals surface area contributed by atoms with Crippen molar-refractivity contribution in [2.75, 3.05) is 13.1 Å². The van der Waals surface area contributed by atoms with Crippen molar-refractivity contribution in [2.45, 2.75) is 24.8 Å². The SMILES string of the molecule is [O-]/N=[N+](\[O-])C1(C2=NCCN2)CCCc2ccccc21. The average Bonchev–Trinajstić information content (AvgIpc) is 3.00. The highest BCUT2D eigenvalue weighted by Crippen LogP contribution is 2.39. The number of aliphatic imine (C=N–C) groups is 1. The largest absolute Gasteiger partial charge is 0.739 e. The van der Waals surface area contributed by atoms with Crippen molar-refractivity contribution in [3.8, 4) is 0 Å². The summed E-state index contributed by atoms with van der Waals surface area (Å²) in [6.45, 7) is 1.33. The number of amidine groups is 1. The number of hydrogen-bond donors (Lipinski definition) is 1. The van der Waals surface area contributed by atoms with Crippen molar-refractivity contribution in [1.82, 2.24) is 5.32 Å². The number of hydrogen-bond acceptors (Lipinski definition) is 5. The van der Waals surface area contributed by atoms with Crippen LogP contribution in [0.4, 0.5) is 0 Å². The number of rotatable bonds is 2. The molecular formula is C13H15N4O2-. The van der Waals surface area contributed by atoms with Crippen LogP contribution in [0.2, 0.25) is 0 Å². The minimum absolute atomic E-state index is 0.280. The second-order valence-corrected chi connectivity index (χ2v) is 4.88. The van der Waals surface area contributed by atoms with Crippen LogP contribution in [0, 0.1) is 10.4 Å².